The Hall–Kier alpha value is -2.91. The molecule has 1 aliphatic rings. The molecule has 1 aliphatic heterocycles. The third kappa shape index (κ3) is 5.62. The van der Waals surface area contributed by atoms with Gasteiger partial charge in [0.25, 0.3) is 0 Å². The van der Waals surface area contributed by atoms with Crippen LogP contribution >= 0.6 is 0 Å². The summed E-state index contributed by atoms with van der Waals surface area (Å²) < 4.78 is 20.5. The number of ether oxygens (including phenoxy) is 1. The molecule has 0 amide bonds. The number of benzene rings is 1. The standard InChI is InChI=1S/C22H32FN7O/c1-15(2)11-16-12-17(23)21(22(24)27-28-25)19(13-16)30-9-7-29(8-10-30)14-18-20(31-3)5-4-6-26-18/h4-6,12-13,15,28H,7-11,14,25H2,1-3H3,(H2,24,27). The molecule has 1 fully saturated rings. The maximum Gasteiger partial charge on any atom is 0.157 e. The van der Waals surface area contributed by atoms with Crippen molar-refractivity contribution in [1.29, 1.82) is 0 Å². The van der Waals surface area contributed by atoms with Crippen LogP contribution in [0, 0.1) is 11.7 Å². The van der Waals surface area contributed by atoms with Gasteiger partial charge in [-0.3, -0.25) is 9.88 Å². The van der Waals surface area contributed by atoms with E-state index < -0.39 is 0 Å². The molecule has 31 heavy (non-hydrogen) atoms. The molecule has 0 atom stereocenters. The van der Waals surface area contributed by atoms with Gasteiger partial charge in [0.05, 0.1) is 24.1 Å². The van der Waals surface area contributed by atoms with Crippen LogP contribution in [0.3, 0.4) is 0 Å². The Bertz CT molecular complexity index is 911. The van der Waals surface area contributed by atoms with Crippen molar-refractivity contribution in [2.24, 2.45) is 22.6 Å². The summed E-state index contributed by atoms with van der Waals surface area (Å²) >= 11 is 0. The highest BCUT2D eigenvalue weighted by Crippen LogP contribution is 2.28. The SMILES string of the molecule is COc1cccnc1CN1CCN(c2cc(CC(C)C)cc(F)c2/C(N)=N/NN)CC1. The van der Waals surface area contributed by atoms with Crippen molar-refractivity contribution in [3.8, 4) is 5.75 Å². The van der Waals surface area contributed by atoms with E-state index in [-0.39, 0.29) is 17.2 Å². The smallest absolute Gasteiger partial charge is 0.157 e. The number of hydrazine groups is 1. The number of nitrogens with two attached hydrogens (primary N) is 2. The zero-order valence-corrected chi connectivity index (χ0v) is 18.4. The predicted octanol–water partition coefficient (Wildman–Crippen LogP) is 1.83. The summed E-state index contributed by atoms with van der Waals surface area (Å²) in [6.07, 6.45) is 2.56. The number of hydrogen-bond donors (Lipinski definition) is 3. The molecule has 8 nitrogen and oxygen atoms in total. The van der Waals surface area contributed by atoms with E-state index in [2.05, 4.69) is 39.3 Å². The van der Waals surface area contributed by atoms with Gasteiger partial charge in [0.15, 0.2) is 5.84 Å². The molecule has 1 aromatic carbocycles. The van der Waals surface area contributed by atoms with E-state index in [9.17, 15) is 0 Å². The molecule has 0 unspecified atom stereocenters. The first-order chi connectivity index (χ1) is 14.9. The van der Waals surface area contributed by atoms with Gasteiger partial charge in [-0.2, -0.15) is 0 Å². The minimum Gasteiger partial charge on any atom is -0.495 e. The summed E-state index contributed by atoms with van der Waals surface area (Å²) in [4.78, 5) is 8.92. The molecule has 168 valence electrons. The van der Waals surface area contributed by atoms with Crippen LogP contribution in [0.2, 0.25) is 0 Å². The monoisotopic (exact) mass is 429 g/mol. The number of halogens is 1. The highest BCUT2D eigenvalue weighted by Gasteiger charge is 2.24. The van der Waals surface area contributed by atoms with E-state index in [0.717, 1.165) is 55.3 Å². The number of nitrogens with zero attached hydrogens (tertiary/aromatic N) is 4. The van der Waals surface area contributed by atoms with E-state index >= 15 is 4.39 Å². The normalized spacial score (nSPS) is 15.4. The van der Waals surface area contributed by atoms with Crippen molar-refractivity contribution < 1.29 is 9.13 Å². The Labute approximate surface area is 183 Å². The molecule has 0 aliphatic carbocycles. The van der Waals surface area contributed by atoms with Gasteiger partial charge in [-0.15, -0.1) is 5.10 Å². The number of hydrogen-bond acceptors (Lipinski definition) is 7. The van der Waals surface area contributed by atoms with Gasteiger partial charge in [0.2, 0.25) is 0 Å². The van der Waals surface area contributed by atoms with Crippen molar-refractivity contribution in [3.63, 3.8) is 0 Å². The number of hydrazone groups is 1. The maximum atomic E-state index is 15.0. The summed E-state index contributed by atoms with van der Waals surface area (Å²) in [6.45, 7) is 8.01. The minimum absolute atomic E-state index is 0.0340. The van der Waals surface area contributed by atoms with E-state index in [1.54, 1.807) is 19.4 Å². The zero-order valence-electron chi connectivity index (χ0n) is 18.4. The predicted molar refractivity (Wildman–Crippen MR) is 121 cm³/mol. The lowest BCUT2D eigenvalue weighted by atomic mass is 9.98. The number of methoxy groups -OCH3 is 1. The van der Waals surface area contributed by atoms with Crippen molar-refractivity contribution >= 4 is 11.5 Å². The fraction of sp³-hybridized carbons (Fsp3) is 0.455. The molecule has 0 saturated carbocycles. The van der Waals surface area contributed by atoms with Crippen molar-refractivity contribution in [1.82, 2.24) is 15.4 Å². The lowest BCUT2D eigenvalue weighted by Gasteiger charge is -2.37. The number of amidine groups is 1. The second-order valence-corrected chi connectivity index (χ2v) is 8.11. The summed E-state index contributed by atoms with van der Waals surface area (Å²) in [7, 11) is 1.65. The third-order valence-corrected chi connectivity index (χ3v) is 5.37. The van der Waals surface area contributed by atoms with Gasteiger partial charge in [-0.05, 0) is 42.2 Å². The van der Waals surface area contributed by atoms with Gasteiger partial charge in [0, 0.05) is 38.9 Å². The van der Waals surface area contributed by atoms with Gasteiger partial charge in [0.1, 0.15) is 11.6 Å². The third-order valence-electron chi connectivity index (χ3n) is 5.37. The van der Waals surface area contributed by atoms with Gasteiger partial charge in [-0.25, -0.2) is 15.8 Å². The molecule has 9 heteroatoms. The Balaban J connectivity index is 1.80. The zero-order chi connectivity index (χ0) is 22.4. The quantitative estimate of drug-likeness (QED) is 0.254. The lowest BCUT2D eigenvalue weighted by Crippen LogP contribution is -2.46. The maximum absolute atomic E-state index is 15.0. The molecule has 1 aromatic heterocycles. The van der Waals surface area contributed by atoms with Crippen LogP contribution in [0.1, 0.15) is 30.7 Å². The Morgan fingerprint density at radius 2 is 2.03 bits per heavy atom. The largest absolute Gasteiger partial charge is 0.495 e. The van der Waals surface area contributed by atoms with E-state index in [0.29, 0.717) is 12.5 Å². The van der Waals surface area contributed by atoms with Gasteiger partial charge >= 0.3 is 0 Å². The average molecular weight is 430 g/mol. The number of anilines is 1. The number of aromatic nitrogens is 1. The highest BCUT2D eigenvalue weighted by atomic mass is 19.1. The summed E-state index contributed by atoms with van der Waals surface area (Å²) in [5, 5.41) is 3.81. The van der Waals surface area contributed by atoms with E-state index in [1.807, 2.05) is 18.2 Å². The van der Waals surface area contributed by atoms with E-state index in [4.69, 9.17) is 16.3 Å². The van der Waals surface area contributed by atoms with Gasteiger partial charge in [-0.1, -0.05) is 13.8 Å². The van der Waals surface area contributed by atoms with Gasteiger partial charge < -0.3 is 15.4 Å². The van der Waals surface area contributed by atoms with Crippen molar-refractivity contribution in [2.45, 2.75) is 26.8 Å². The fourth-order valence-corrected chi connectivity index (χ4v) is 3.95. The topological polar surface area (TPSA) is 105 Å². The highest BCUT2D eigenvalue weighted by molar-refractivity contribution is 6.02. The number of nitrogens with one attached hydrogen (secondary N) is 1. The minimum atomic E-state index is -0.384. The average Bonchev–Trinajstić information content (AvgIpc) is 2.74. The van der Waals surface area contributed by atoms with Crippen LogP contribution in [0.25, 0.3) is 0 Å². The molecular formula is C22H32FN7O. The Kier molecular flexibility index (Phi) is 7.64. The number of pyridine rings is 1. The van der Waals surface area contributed by atoms with Crippen LogP contribution in [0.4, 0.5) is 10.1 Å². The summed E-state index contributed by atoms with van der Waals surface area (Å²) in [6, 6.07) is 7.35. The van der Waals surface area contributed by atoms with Crippen LogP contribution in [-0.2, 0) is 13.0 Å². The number of rotatable bonds is 8. The lowest BCUT2D eigenvalue weighted by molar-refractivity contribution is 0.243. The van der Waals surface area contributed by atoms with E-state index in [1.165, 1.54) is 0 Å². The molecule has 0 spiro atoms. The van der Waals surface area contributed by atoms with Crippen molar-refractivity contribution in [3.05, 3.63) is 53.1 Å². The molecule has 1 saturated heterocycles. The first-order valence-electron chi connectivity index (χ1n) is 10.5. The van der Waals surface area contributed by atoms with Crippen LogP contribution in [0.15, 0.2) is 35.6 Å². The molecule has 5 N–H and O–H groups in total. The molecule has 2 aromatic rings. The molecule has 0 bridgehead atoms. The Morgan fingerprint density at radius 3 is 2.68 bits per heavy atom. The second kappa shape index (κ2) is 10.4. The number of piperazine rings is 1. The Morgan fingerprint density at radius 1 is 1.29 bits per heavy atom. The summed E-state index contributed by atoms with van der Waals surface area (Å²) in [5.41, 5.74) is 11.1. The van der Waals surface area contributed by atoms with Crippen LogP contribution in [0.5, 0.6) is 5.75 Å². The second-order valence-electron chi connectivity index (χ2n) is 8.11. The molecule has 0 radical (unpaired) electrons. The molecule has 2 heterocycles. The summed E-state index contributed by atoms with van der Waals surface area (Å²) in [5.74, 6) is 6.13. The van der Waals surface area contributed by atoms with Crippen molar-refractivity contribution in [2.75, 3.05) is 38.2 Å². The van der Waals surface area contributed by atoms with Crippen LogP contribution in [-0.4, -0.2) is 49.0 Å². The fourth-order valence-electron chi connectivity index (χ4n) is 3.95. The molecular weight excluding hydrogens is 397 g/mol. The first-order valence-corrected chi connectivity index (χ1v) is 10.5. The molecule has 3 rings (SSSR count). The first kappa shape index (κ1) is 22.8. The van der Waals surface area contributed by atoms with Crippen LogP contribution < -0.4 is 26.7 Å².